The van der Waals surface area contributed by atoms with Gasteiger partial charge in [0.25, 0.3) is 5.91 Å². The van der Waals surface area contributed by atoms with Gasteiger partial charge < -0.3 is 20.1 Å². The summed E-state index contributed by atoms with van der Waals surface area (Å²) < 4.78 is 5.96. The first-order chi connectivity index (χ1) is 16.4. The number of nitrogens with zero attached hydrogens (tertiary/aromatic N) is 2. The second-order valence-corrected chi connectivity index (χ2v) is 9.76. The molecule has 0 saturated carbocycles. The van der Waals surface area contributed by atoms with Crippen molar-refractivity contribution in [2.24, 2.45) is 0 Å². The maximum atomic E-state index is 12.7. The average Bonchev–Trinajstić information content (AvgIpc) is 3.41. The van der Waals surface area contributed by atoms with E-state index in [1.807, 2.05) is 19.9 Å². The fourth-order valence-electron chi connectivity index (χ4n) is 4.92. The summed E-state index contributed by atoms with van der Waals surface area (Å²) in [5.74, 6) is 0.490. The van der Waals surface area contributed by atoms with Crippen molar-refractivity contribution in [1.29, 1.82) is 0 Å². The van der Waals surface area contributed by atoms with E-state index in [2.05, 4.69) is 44.4 Å². The van der Waals surface area contributed by atoms with Gasteiger partial charge in [-0.1, -0.05) is 17.7 Å². The third-order valence-electron chi connectivity index (χ3n) is 6.61. The highest BCUT2D eigenvalue weighted by atomic mass is 35.5. The molecular formula is C26H33Cl3N4O3. The number of H-pyrrole nitrogens is 1. The summed E-state index contributed by atoms with van der Waals surface area (Å²) in [7, 11) is 0. The summed E-state index contributed by atoms with van der Waals surface area (Å²) in [4.78, 5) is 20.9. The molecule has 1 saturated heterocycles. The fourth-order valence-corrected chi connectivity index (χ4v) is 5.18. The van der Waals surface area contributed by atoms with Gasteiger partial charge in [-0.3, -0.25) is 14.6 Å². The Labute approximate surface area is 228 Å². The first kappa shape index (κ1) is 28.6. The molecule has 36 heavy (non-hydrogen) atoms. The van der Waals surface area contributed by atoms with E-state index < -0.39 is 0 Å². The minimum Gasteiger partial charge on any atom is -0.489 e. The van der Waals surface area contributed by atoms with Crippen LogP contribution in [0.1, 0.15) is 35.3 Å². The standard InChI is InChI=1S/C26H31ClN4O3.2ClH/c1-16(2)34-23-13-19(24-20(25(23)27)14-28-26(24)33)22-12-18-11-17(3-4-21(18)29-22)15-31-7-5-30(6-8-31)9-10-32;;/h3-4,11-13,16,29,32H,5-10,14-15H2,1-2H3,(H,28,33);2*1H. The molecule has 3 heterocycles. The number of halogens is 3. The minimum absolute atomic E-state index is 0. The molecular weight excluding hydrogens is 523 g/mol. The average molecular weight is 556 g/mol. The van der Waals surface area contributed by atoms with Gasteiger partial charge in [0.1, 0.15) is 5.75 Å². The smallest absolute Gasteiger partial charge is 0.252 e. The van der Waals surface area contributed by atoms with Gasteiger partial charge in [-0.15, -0.1) is 24.8 Å². The monoisotopic (exact) mass is 554 g/mol. The second-order valence-electron chi connectivity index (χ2n) is 9.39. The van der Waals surface area contributed by atoms with E-state index in [0.717, 1.165) is 67.0 Å². The van der Waals surface area contributed by atoms with Crippen molar-refractivity contribution in [3.05, 3.63) is 52.0 Å². The van der Waals surface area contributed by atoms with Crippen LogP contribution in [0.2, 0.25) is 5.02 Å². The van der Waals surface area contributed by atoms with E-state index in [4.69, 9.17) is 21.4 Å². The number of benzene rings is 2. The van der Waals surface area contributed by atoms with E-state index in [0.29, 0.717) is 22.9 Å². The number of β-amino-alcohol motifs (C(OH)–C–C–N with tert-alkyl or cyclic N) is 1. The Morgan fingerprint density at radius 2 is 1.81 bits per heavy atom. The number of aliphatic hydroxyl groups is 1. The summed E-state index contributed by atoms with van der Waals surface area (Å²) in [6, 6.07) is 10.5. The Morgan fingerprint density at radius 1 is 1.08 bits per heavy atom. The number of nitrogens with one attached hydrogen (secondary N) is 2. The lowest BCUT2D eigenvalue weighted by molar-refractivity contribution is 0.0966. The van der Waals surface area contributed by atoms with Crippen molar-refractivity contribution in [3.63, 3.8) is 0 Å². The summed E-state index contributed by atoms with van der Waals surface area (Å²) in [6.45, 7) is 10.2. The molecule has 2 aliphatic heterocycles. The van der Waals surface area contributed by atoms with Crippen molar-refractivity contribution in [3.8, 4) is 17.0 Å². The molecule has 10 heteroatoms. The Kier molecular flexibility index (Phi) is 9.55. The molecule has 5 rings (SSSR count). The third kappa shape index (κ3) is 5.77. The number of aliphatic hydroxyl groups excluding tert-OH is 1. The van der Waals surface area contributed by atoms with Crippen molar-refractivity contribution in [1.82, 2.24) is 20.1 Å². The first-order valence-corrected chi connectivity index (χ1v) is 12.3. The van der Waals surface area contributed by atoms with Crippen LogP contribution in [0.3, 0.4) is 0 Å². The molecule has 7 nitrogen and oxygen atoms in total. The van der Waals surface area contributed by atoms with E-state index >= 15 is 0 Å². The molecule has 1 aromatic heterocycles. The predicted octanol–water partition coefficient (Wildman–Crippen LogP) is 4.47. The Morgan fingerprint density at radius 3 is 2.50 bits per heavy atom. The highest BCUT2D eigenvalue weighted by Gasteiger charge is 2.29. The number of hydrogen-bond acceptors (Lipinski definition) is 5. The molecule has 1 amide bonds. The summed E-state index contributed by atoms with van der Waals surface area (Å²) in [6.07, 6.45) is -0.0239. The SMILES string of the molecule is CC(C)Oc1cc(-c2cc3cc(CN4CCN(CCO)CC4)ccc3[nH]2)c2c(c1Cl)CNC2=O.Cl.Cl. The number of carbonyl (C=O) groups is 1. The lowest BCUT2D eigenvalue weighted by Crippen LogP contribution is -2.46. The van der Waals surface area contributed by atoms with E-state index in [1.54, 1.807) is 0 Å². The number of hydrogen-bond donors (Lipinski definition) is 3. The van der Waals surface area contributed by atoms with Crippen LogP contribution < -0.4 is 10.1 Å². The van der Waals surface area contributed by atoms with Crippen LogP contribution >= 0.6 is 36.4 Å². The van der Waals surface area contributed by atoms with Crippen LogP contribution in [-0.4, -0.2) is 71.2 Å². The highest BCUT2D eigenvalue weighted by molar-refractivity contribution is 6.34. The lowest BCUT2D eigenvalue weighted by atomic mass is 9.99. The van der Waals surface area contributed by atoms with Crippen LogP contribution in [0.4, 0.5) is 0 Å². The van der Waals surface area contributed by atoms with Gasteiger partial charge in [0.15, 0.2) is 0 Å². The molecule has 2 aromatic carbocycles. The maximum absolute atomic E-state index is 12.7. The van der Waals surface area contributed by atoms with Crippen molar-refractivity contribution in [2.75, 3.05) is 39.3 Å². The van der Waals surface area contributed by atoms with Crippen molar-refractivity contribution < 1.29 is 14.6 Å². The quantitative estimate of drug-likeness (QED) is 0.401. The topological polar surface area (TPSA) is 80.8 Å². The van der Waals surface area contributed by atoms with Gasteiger partial charge in [0, 0.05) is 73.5 Å². The zero-order valence-corrected chi connectivity index (χ0v) is 22.9. The molecule has 196 valence electrons. The Hall–Kier alpha value is -2.00. The predicted molar refractivity (Wildman–Crippen MR) is 149 cm³/mol. The number of aromatic nitrogens is 1. The normalized spacial score (nSPS) is 16.0. The van der Waals surface area contributed by atoms with Gasteiger partial charge in [-0.05, 0) is 43.7 Å². The van der Waals surface area contributed by atoms with Gasteiger partial charge in [0.2, 0.25) is 0 Å². The number of ether oxygens (including phenoxy) is 1. The number of amides is 1. The largest absolute Gasteiger partial charge is 0.489 e. The summed E-state index contributed by atoms with van der Waals surface area (Å²) in [5.41, 5.74) is 5.38. The number of piperazine rings is 1. The van der Waals surface area contributed by atoms with Crippen LogP contribution in [0.15, 0.2) is 30.3 Å². The zero-order valence-electron chi connectivity index (χ0n) is 20.5. The molecule has 0 radical (unpaired) electrons. The fraction of sp³-hybridized carbons (Fsp3) is 0.423. The van der Waals surface area contributed by atoms with Gasteiger partial charge in [-0.25, -0.2) is 0 Å². The number of carbonyl (C=O) groups excluding carboxylic acids is 1. The van der Waals surface area contributed by atoms with Crippen LogP contribution in [0.5, 0.6) is 5.75 Å². The van der Waals surface area contributed by atoms with Gasteiger partial charge in [-0.2, -0.15) is 0 Å². The van der Waals surface area contributed by atoms with Crippen LogP contribution in [0.25, 0.3) is 22.2 Å². The van der Waals surface area contributed by atoms with Crippen molar-refractivity contribution in [2.45, 2.75) is 33.0 Å². The molecule has 0 bridgehead atoms. The summed E-state index contributed by atoms with van der Waals surface area (Å²) >= 11 is 6.59. The van der Waals surface area contributed by atoms with Gasteiger partial charge in [0.05, 0.1) is 23.3 Å². The van der Waals surface area contributed by atoms with Crippen molar-refractivity contribution >= 4 is 53.2 Å². The van der Waals surface area contributed by atoms with Gasteiger partial charge >= 0.3 is 0 Å². The molecule has 3 N–H and O–H groups in total. The third-order valence-corrected chi connectivity index (χ3v) is 7.02. The molecule has 2 aliphatic rings. The second kappa shape index (κ2) is 12.0. The zero-order chi connectivity index (χ0) is 23.8. The molecule has 1 fully saturated rings. The Balaban J connectivity index is 0.00000180. The van der Waals surface area contributed by atoms with Crippen LogP contribution in [0, 0.1) is 0 Å². The molecule has 0 aliphatic carbocycles. The van der Waals surface area contributed by atoms with E-state index in [9.17, 15) is 4.79 Å². The molecule has 3 aromatic rings. The molecule has 0 spiro atoms. The van der Waals surface area contributed by atoms with Crippen LogP contribution in [-0.2, 0) is 13.1 Å². The van der Waals surface area contributed by atoms with E-state index in [1.165, 1.54) is 5.56 Å². The number of rotatable bonds is 7. The molecule has 0 atom stereocenters. The summed E-state index contributed by atoms with van der Waals surface area (Å²) in [5, 5.41) is 13.7. The highest BCUT2D eigenvalue weighted by Crippen LogP contribution is 2.41. The van der Waals surface area contributed by atoms with E-state index in [-0.39, 0.29) is 43.4 Å². The minimum atomic E-state index is -0.109. The molecule has 0 unspecified atom stereocenters. The lowest BCUT2D eigenvalue weighted by Gasteiger charge is -2.34. The number of fused-ring (bicyclic) bond motifs is 2. The number of aromatic amines is 1. The first-order valence-electron chi connectivity index (χ1n) is 11.9. The Bertz CT molecular complexity index is 1220. The maximum Gasteiger partial charge on any atom is 0.252 e.